The number of rotatable bonds is 4. The number of aliphatic hydroxyl groups excluding tert-OH is 1. The van der Waals surface area contributed by atoms with Crippen LogP contribution in [-0.4, -0.2) is 57.9 Å². The maximum atomic E-state index is 12.3. The first-order valence-electron chi connectivity index (χ1n) is 6.90. The van der Waals surface area contributed by atoms with Gasteiger partial charge in [0.15, 0.2) is 12.4 Å². The number of hydrogen-bond acceptors (Lipinski definition) is 7. The second kappa shape index (κ2) is 5.88. The number of ether oxygens (including phenoxy) is 3. The number of methoxy groups -OCH3 is 1. The van der Waals surface area contributed by atoms with Gasteiger partial charge < -0.3 is 19.3 Å². The molecule has 2 aliphatic heterocycles. The molecule has 2 heterocycles. The first kappa shape index (κ1) is 15.9. The maximum Gasteiger partial charge on any atom is 0.297 e. The van der Waals surface area contributed by atoms with E-state index in [1.165, 1.54) is 19.2 Å². The van der Waals surface area contributed by atoms with Crippen molar-refractivity contribution in [1.82, 2.24) is 0 Å². The average Bonchev–Trinajstić information content (AvgIpc) is 2.91. The summed E-state index contributed by atoms with van der Waals surface area (Å²) in [6.07, 6.45) is -4.37. The predicted molar refractivity (Wildman–Crippen MR) is 74.7 cm³/mol. The van der Waals surface area contributed by atoms with E-state index in [2.05, 4.69) is 0 Å². The lowest BCUT2D eigenvalue weighted by molar-refractivity contribution is -0.225. The van der Waals surface area contributed by atoms with Gasteiger partial charge in [-0.3, -0.25) is 4.18 Å². The van der Waals surface area contributed by atoms with Crippen LogP contribution in [0.4, 0.5) is 0 Å². The number of benzene rings is 1. The Morgan fingerprint density at radius 1 is 1.23 bits per heavy atom. The van der Waals surface area contributed by atoms with Gasteiger partial charge in [-0.25, -0.2) is 0 Å². The van der Waals surface area contributed by atoms with Crippen molar-refractivity contribution in [1.29, 1.82) is 0 Å². The summed E-state index contributed by atoms with van der Waals surface area (Å²) in [5, 5.41) is 10.3. The van der Waals surface area contributed by atoms with Crippen LogP contribution in [0.15, 0.2) is 29.2 Å². The highest BCUT2D eigenvalue weighted by atomic mass is 32.2. The van der Waals surface area contributed by atoms with Crippen molar-refractivity contribution in [3.63, 3.8) is 0 Å². The molecule has 7 nitrogen and oxygen atoms in total. The topological polar surface area (TPSA) is 91.3 Å². The molecule has 5 atom stereocenters. The lowest BCUT2D eigenvalue weighted by Gasteiger charge is -2.36. The van der Waals surface area contributed by atoms with Crippen molar-refractivity contribution in [3.05, 3.63) is 29.8 Å². The Labute approximate surface area is 128 Å². The summed E-state index contributed by atoms with van der Waals surface area (Å²) in [6, 6.07) is 6.24. The van der Waals surface area contributed by atoms with E-state index in [0.29, 0.717) is 0 Å². The van der Waals surface area contributed by atoms with Crippen molar-refractivity contribution in [3.8, 4) is 0 Å². The number of aryl methyl sites for hydroxylation is 1. The standard InChI is InChI=1S/C14H18O7S/c1-8-3-5-9(6-4-8)22(16,17)21-13-11(15)12(18-2)10-7-19-14(13)20-10/h3-6,10-15H,7H2,1-2H3/t10-,11+,12-,13-,14+/m1/s1. The van der Waals surface area contributed by atoms with E-state index in [0.717, 1.165) is 5.56 Å². The van der Waals surface area contributed by atoms with Gasteiger partial charge in [0.1, 0.15) is 18.3 Å². The van der Waals surface area contributed by atoms with Gasteiger partial charge in [0.2, 0.25) is 0 Å². The highest BCUT2D eigenvalue weighted by Gasteiger charge is 2.52. The summed E-state index contributed by atoms with van der Waals surface area (Å²) in [5.41, 5.74) is 0.932. The number of aliphatic hydroxyl groups is 1. The van der Waals surface area contributed by atoms with Crippen molar-refractivity contribution in [2.75, 3.05) is 13.7 Å². The van der Waals surface area contributed by atoms with Crippen molar-refractivity contribution < 1.29 is 31.9 Å². The van der Waals surface area contributed by atoms with Gasteiger partial charge in [-0.1, -0.05) is 17.7 Å². The molecule has 122 valence electrons. The number of hydrogen-bond donors (Lipinski definition) is 1. The molecule has 3 rings (SSSR count). The Bertz CT molecular complexity index is 627. The Hall–Kier alpha value is -1.03. The highest BCUT2D eigenvalue weighted by molar-refractivity contribution is 7.86. The van der Waals surface area contributed by atoms with E-state index in [9.17, 15) is 13.5 Å². The van der Waals surface area contributed by atoms with Gasteiger partial charge in [0.05, 0.1) is 11.5 Å². The van der Waals surface area contributed by atoms with Crippen molar-refractivity contribution >= 4 is 10.1 Å². The van der Waals surface area contributed by atoms with E-state index >= 15 is 0 Å². The zero-order valence-corrected chi connectivity index (χ0v) is 13.0. The van der Waals surface area contributed by atoms with Gasteiger partial charge >= 0.3 is 0 Å². The monoisotopic (exact) mass is 330 g/mol. The Morgan fingerprint density at radius 2 is 1.91 bits per heavy atom. The third kappa shape index (κ3) is 2.78. The van der Waals surface area contributed by atoms with Gasteiger partial charge in [0.25, 0.3) is 10.1 Å². The van der Waals surface area contributed by atoms with Crippen LogP contribution in [0.25, 0.3) is 0 Å². The minimum Gasteiger partial charge on any atom is -0.387 e. The van der Waals surface area contributed by atoms with E-state index in [4.69, 9.17) is 18.4 Å². The van der Waals surface area contributed by atoms with Gasteiger partial charge in [0, 0.05) is 7.11 Å². The van der Waals surface area contributed by atoms with Crippen LogP contribution in [0.1, 0.15) is 5.56 Å². The molecule has 1 aromatic carbocycles. The van der Waals surface area contributed by atoms with Gasteiger partial charge in [-0.15, -0.1) is 0 Å². The molecule has 0 aromatic heterocycles. The van der Waals surface area contributed by atoms with Crippen LogP contribution in [-0.2, 0) is 28.5 Å². The predicted octanol–water partition coefficient (Wildman–Crippen LogP) is 0.200. The molecule has 0 radical (unpaired) electrons. The molecule has 2 bridgehead atoms. The lowest BCUT2D eigenvalue weighted by atomic mass is 10.0. The summed E-state index contributed by atoms with van der Waals surface area (Å²) in [5.74, 6) is 0. The highest BCUT2D eigenvalue weighted by Crippen LogP contribution is 2.33. The molecule has 2 fully saturated rings. The molecule has 0 unspecified atom stereocenters. The van der Waals surface area contributed by atoms with Crippen LogP contribution < -0.4 is 0 Å². The fourth-order valence-electron chi connectivity index (χ4n) is 2.65. The van der Waals surface area contributed by atoms with Crippen LogP contribution >= 0.6 is 0 Å². The summed E-state index contributed by atoms with van der Waals surface area (Å²) < 4.78 is 45.9. The largest absolute Gasteiger partial charge is 0.387 e. The minimum absolute atomic E-state index is 0.0133. The number of fused-ring (bicyclic) bond motifs is 2. The van der Waals surface area contributed by atoms with E-state index in [-0.39, 0.29) is 11.5 Å². The molecular weight excluding hydrogens is 312 g/mol. The molecule has 0 spiro atoms. The maximum absolute atomic E-state index is 12.3. The van der Waals surface area contributed by atoms with Crippen molar-refractivity contribution in [2.24, 2.45) is 0 Å². The lowest BCUT2D eigenvalue weighted by Crippen LogP contribution is -2.56. The zero-order valence-electron chi connectivity index (χ0n) is 12.2. The Balaban J connectivity index is 1.83. The quantitative estimate of drug-likeness (QED) is 0.789. The second-order valence-corrected chi connectivity index (χ2v) is 6.97. The average molecular weight is 330 g/mol. The van der Waals surface area contributed by atoms with E-state index in [1.54, 1.807) is 12.1 Å². The van der Waals surface area contributed by atoms with Crippen LogP contribution in [0, 0.1) is 6.92 Å². The normalized spacial score (nSPS) is 34.8. The zero-order chi connectivity index (χ0) is 15.9. The minimum atomic E-state index is -4.04. The molecule has 1 N–H and O–H groups in total. The SMILES string of the molecule is CO[C@H]1[C@H](O)[C@@H](OS(=O)(=O)c2ccc(C)cc2)[C@H]2OC[C@H]1O2. The third-order valence-corrected chi connectivity index (χ3v) is 5.19. The molecular formula is C14H18O7S. The fraction of sp³-hybridized carbons (Fsp3) is 0.571. The van der Waals surface area contributed by atoms with Crippen LogP contribution in [0.5, 0.6) is 0 Å². The summed E-state index contributed by atoms with van der Waals surface area (Å²) in [7, 11) is -2.62. The molecule has 0 amide bonds. The first-order valence-corrected chi connectivity index (χ1v) is 8.31. The van der Waals surface area contributed by atoms with Gasteiger partial charge in [-0.05, 0) is 19.1 Å². The van der Waals surface area contributed by atoms with Crippen LogP contribution in [0.3, 0.4) is 0 Å². The summed E-state index contributed by atoms with van der Waals surface area (Å²) in [6.45, 7) is 2.08. The second-order valence-electron chi connectivity index (χ2n) is 5.40. The van der Waals surface area contributed by atoms with Gasteiger partial charge in [-0.2, -0.15) is 8.42 Å². The fourth-order valence-corrected chi connectivity index (χ4v) is 3.73. The molecule has 2 saturated heterocycles. The first-order chi connectivity index (χ1) is 10.4. The summed E-state index contributed by atoms with van der Waals surface area (Å²) in [4.78, 5) is 0.0133. The Morgan fingerprint density at radius 3 is 2.55 bits per heavy atom. The third-order valence-electron chi connectivity index (χ3n) is 3.86. The molecule has 0 saturated carbocycles. The molecule has 2 aliphatic rings. The molecule has 8 heteroatoms. The molecule has 1 aromatic rings. The van der Waals surface area contributed by atoms with Crippen molar-refractivity contribution in [2.45, 2.75) is 42.5 Å². The molecule has 22 heavy (non-hydrogen) atoms. The summed E-state index contributed by atoms with van der Waals surface area (Å²) >= 11 is 0. The van der Waals surface area contributed by atoms with Crippen LogP contribution in [0.2, 0.25) is 0 Å². The van der Waals surface area contributed by atoms with E-state index < -0.39 is 40.8 Å². The Kier molecular flexibility index (Phi) is 4.23. The van der Waals surface area contributed by atoms with E-state index in [1.807, 2.05) is 6.92 Å². The smallest absolute Gasteiger partial charge is 0.297 e. The molecule has 0 aliphatic carbocycles.